The van der Waals surface area contributed by atoms with Gasteiger partial charge in [-0.25, -0.2) is 4.98 Å². The predicted octanol–water partition coefficient (Wildman–Crippen LogP) is 0.531. The number of piperidine rings is 1. The summed E-state index contributed by atoms with van der Waals surface area (Å²) in [5.74, 6) is 1.29. The smallest absolute Gasteiger partial charge is 0.295 e. The molecule has 1 aliphatic heterocycles. The molecule has 2 unspecified atom stereocenters. The Balaban J connectivity index is 2.14. The van der Waals surface area contributed by atoms with Crippen LogP contribution in [0.5, 0.6) is 5.75 Å². The van der Waals surface area contributed by atoms with Crippen molar-refractivity contribution in [2.45, 2.75) is 19.4 Å². The van der Waals surface area contributed by atoms with E-state index in [0.29, 0.717) is 17.8 Å². The quantitative estimate of drug-likeness (QED) is 0.821. The summed E-state index contributed by atoms with van der Waals surface area (Å²) in [4.78, 5) is 20.5. The molecule has 0 aromatic carbocycles. The monoisotopic (exact) mass is 252 g/mol. The van der Waals surface area contributed by atoms with Crippen LogP contribution in [0, 0.1) is 5.92 Å². The van der Waals surface area contributed by atoms with Gasteiger partial charge in [-0.2, -0.15) is 0 Å². The van der Waals surface area contributed by atoms with Gasteiger partial charge >= 0.3 is 0 Å². The molecule has 0 bridgehead atoms. The number of methoxy groups -OCH3 is 1. The molecule has 0 aliphatic carbocycles. The number of H-pyrrole nitrogens is 1. The molecule has 2 heterocycles. The Morgan fingerprint density at radius 1 is 1.61 bits per heavy atom. The summed E-state index contributed by atoms with van der Waals surface area (Å²) in [6, 6.07) is 0.324. The Kier molecular flexibility index (Phi) is 3.86. The fourth-order valence-electron chi connectivity index (χ4n) is 2.42. The predicted molar refractivity (Wildman–Crippen MR) is 70.1 cm³/mol. The number of ether oxygens (including phenoxy) is 1. The van der Waals surface area contributed by atoms with E-state index in [4.69, 9.17) is 4.74 Å². The maximum absolute atomic E-state index is 11.6. The van der Waals surface area contributed by atoms with Gasteiger partial charge in [0.05, 0.1) is 13.4 Å². The van der Waals surface area contributed by atoms with Gasteiger partial charge in [0.25, 0.3) is 5.56 Å². The van der Waals surface area contributed by atoms with Crippen molar-refractivity contribution in [1.29, 1.82) is 0 Å². The van der Waals surface area contributed by atoms with E-state index in [0.717, 1.165) is 19.5 Å². The highest BCUT2D eigenvalue weighted by molar-refractivity contribution is 5.48. The Morgan fingerprint density at radius 2 is 2.39 bits per heavy atom. The van der Waals surface area contributed by atoms with Crippen molar-refractivity contribution >= 4 is 5.82 Å². The minimum Gasteiger partial charge on any atom is -0.489 e. The third-order valence-electron chi connectivity index (χ3n) is 3.45. The van der Waals surface area contributed by atoms with Gasteiger partial charge in [0, 0.05) is 12.6 Å². The van der Waals surface area contributed by atoms with Gasteiger partial charge in [-0.15, -0.1) is 0 Å². The molecule has 6 heteroatoms. The van der Waals surface area contributed by atoms with Crippen molar-refractivity contribution in [2.75, 3.05) is 32.6 Å². The van der Waals surface area contributed by atoms with Crippen molar-refractivity contribution in [2.24, 2.45) is 5.92 Å². The van der Waals surface area contributed by atoms with Crippen molar-refractivity contribution in [1.82, 2.24) is 14.9 Å². The van der Waals surface area contributed by atoms with Crippen molar-refractivity contribution < 1.29 is 4.74 Å². The first kappa shape index (κ1) is 12.9. The normalized spacial score (nSPS) is 24.8. The summed E-state index contributed by atoms with van der Waals surface area (Å²) in [6.07, 6.45) is 2.43. The molecule has 18 heavy (non-hydrogen) atoms. The van der Waals surface area contributed by atoms with Crippen LogP contribution in [0.4, 0.5) is 5.82 Å². The summed E-state index contributed by atoms with van der Waals surface area (Å²) in [7, 11) is 3.61. The fraction of sp³-hybridized carbons (Fsp3) is 0.667. The lowest BCUT2D eigenvalue weighted by atomic mass is 9.94. The zero-order valence-corrected chi connectivity index (χ0v) is 11.1. The molecule has 0 radical (unpaired) electrons. The number of aromatic amines is 1. The van der Waals surface area contributed by atoms with Gasteiger partial charge in [-0.05, 0) is 25.9 Å². The molecule has 0 spiro atoms. The van der Waals surface area contributed by atoms with Crippen LogP contribution in [0.15, 0.2) is 11.1 Å². The number of rotatable bonds is 3. The molecule has 0 saturated carbocycles. The number of hydrogen-bond donors (Lipinski definition) is 2. The number of nitrogens with zero attached hydrogens (tertiary/aromatic N) is 2. The maximum atomic E-state index is 11.6. The van der Waals surface area contributed by atoms with E-state index in [-0.39, 0.29) is 11.3 Å². The van der Waals surface area contributed by atoms with Gasteiger partial charge in [-0.3, -0.25) is 4.79 Å². The van der Waals surface area contributed by atoms with Crippen LogP contribution in [0.2, 0.25) is 0 Å². The second kappa shape index (κ2) is 5.39. The number of anilines is 1. The summed E-state index contributed by atoms with van der Waals surface area (Å²) >= 11 is 0. The van der Waals surface area contributed by atoms with E-state index in [1.54, 1.807) is 0 Å². The molecule has 100 valence electrons. The Labute approximate surface area is 106 Å². The zero-order valence-electron chi connectivity index (χ0n) is 11.1. The first-order chi connectivity index (χ1) is 8.61. The molecule has 2 atom stereocenters. The summed E-state index contributed by atoms with van der Waals surface area (Å²) in [5.41, 5.74) is -0.254. The third kappa shape index (κ3) is 2.64. The number of hydrogen-bond acceptors (Lipinski definition) is 5. The second-order valence-corrected chi connectivity index (χ2v) is 4.89. The molecule has 2 rings (SSSR count). The summed E-state index contributed by atoms with van der Waals surface area (Å²) in [6.45, 7) is 4.30. The highest BCUT2D eigenvalue weighted by Crippen LogP contribution is 2.22. The molecule has 1 aromatic heterocycles. The molecule has 1 fully saturated rings. The minimum atomic E-state index is -0.254. The van der Waals surface area contributed by atoms with Gasteiger partial charge in [-0.1, -0.05) is 6.92 Å². The fourth-order valence-corrected chi connectivity index (χ4v) is 2.42. The van der Waals surface area contributed by atoms with E-state index in [1.807, 2.05) is 0 Å². The van der Waals surface area contributed by atoms with E-state index in [1.165, 1.54) is 13.4 Å². The molecular weight excluding hydrogens is 232 g/mol. The average molecular weight is 252 g/mol. The SMILES string of the molecule is COc1c(NC2CCN(C)CC2C)nc[nH]c1=O. The van der Waals surface area contributed by atoms with Crippen LogP contribution in [-0.4, -0.2) is 48.2 Å². The lowest BCUT2D eigenvalue weighted by molar-refractivity contribution is 0.205. The number of aromatic nitrogens is 2. The first-order valence-corrected chi connectivity index (χ1v) is 6.18. The van der Waals surface area contributed by atoms with E-state index in [9.17, 15) is 4.79 Å². The van der Waals surface area contributed by atoms with Crippen molar-refractivity contribution in [3.63, 3.8) is 0 Å². The minimum absolute atomic E-state index is 0.253. The van der Waals surface area contributed by atoms with Crippen LogP contribution in [0.25, 0.3) is 0 Å². The lowest BCUT2D eigenvalue weighted by Gasteiger charge is -2.35. The Bertz CT molecular complexity index is 460. The van der Waals surface area contributed by atoms with E-state index in [2.05, 4.69) is 34.2 Å². The number of likely N-dealkylation sites (tertiary alicyclic amines) is 1. The average Bonchev–Trinajstić information content (AvgIpc) is 2.33. The topological polar surface area (TPSA) is 70.2 Å². The molecular formula is C12H20N4O2. The molecule has 6 nitrogen and oxygen atoms in total. The van der Waals surface area contributed by atoms with Crippen molar-refractivity contribution in [3.05, 3.63) is 16.7 Å². The molecule has 1 saturated heterocycles. The van der Waals surface area contributed by atoms with Gasteiger partial charge in [0.1, 0.15) is 0 Å². The summed E-state index contributed by atoms with van der Waals surface area (Å²) < 4.78 is 5.09. The Hall–Kier alpha value is -1.56. The van der Waals surface area contributed by atoms with E-state index >= 15 is 0 Å². The third-order valence-corrected chi connectivity index (χ3v) is 3.45. The van der Waals surface area contributed by atoms with Crippen LogP contribution in [0.3, 0.4) is 0 Å². The first-order valence-electron chi connectivity index (χ1n) is 6.18. The Morgan fingerprint density at radius 3 is 3.06 bits per heavy atom. The van der Waals surface area contributed by atoms with Gasteiger partial charge < -0.3 is 19.9 Å². The standard InChI is InChI=1S/C12H20N4O2/c1-8-6-16(2)5-4-9(8)15-11-10(18-3)12(17)14-7-13-11/h7-9H,4-6H2,1-3H3,(H2,13,14,15,17). The van der Waals surface area contributed by atoms with Crippen LogP contribution < -0.4 is 15.6 Å². The molecule has 1 aromatic rings. The highest BCUT2D eigenvalue weighted by atomic mass is 16.5. The van der Waals surface area contributed by atoms with Crippen molar-refractivity contribution in [3.8, 4) is 5.75 Å². The van der Waals surface area contributed by atoms with Crippen LogP contribution in [-0.2, 0) is 0 Å². The number of nitrogens with one attached hydrogen (secondary N) is 2. The van der Waals surface area contributed by atoms with Crippen LogP contribution in [0.1, 0.15) is 13.3 Å². The zero-order chi connectivity index (χ0) is 13.1. The van der Waals surface area contributed by atoms with Crippen LogP contribution >= 0.6 is 0 Å². The molecule has 2 N–H and O–H groups in total. The van der Waals surface area contributed by atoms with E-state index < -0.39 is 0 Å². The van der Waals surface area contributed by atoms with Gasteiger partial charge in [0.15, 0.2) is 5.82 Å². The second-order valence-electron chi connectivity index (χ2n) is 4.89. The molecule has 0 amide bonds. The molecule has 1 aliphatic rings. The highest BCUT2D eigenvalue weighted by Gasteiger charge is 2.25. The van der Waals surface area contributed by atoms with Gasteiger partial charge in [0.2, 0.25) is 5.75 Å². The maximum Gasteiger partial charge on any atom is 0.295 e. The summed E-state index contributed by atoms with van der Waals surface area (Å²) in [5, 5.41) is 3.33. The largest absolute Gasteiger partial charge is 0.489 e. The lowest BCUT2D eigenvalue weighted by Crippen LogP contribution is -2.43.